The molecule has 0 spiro atoms. The van der Waals surface area contributed by atoms with Gasteiger partial charge in [0.1, 0.15) is 0 Å². The predicted molar refractivity (Wildman–Crippen MR) is 73.0 cm³/mol. The first-order valence-electron chi connectivity index (χ1n) is 7.31. The molecule has 1 saturated heterocycles. The summed E-state index contributed by atoms with van der Waals surface area (Å²) in [7, 11) is 4.34. The van der Waals surface area contributed by atoms with Crippen LogP contribution in [0, 0.1) is 11.8 Å². The highest BCUT2D eigenvalue weighted by Crippen LogP contribution is 2.41. The third-order valence-corrected chi connectivity index (χ3v) is 4.42. The molecule has 2 rings (SSSR count). The van der Waals surface area contributed by atoms with Gasteiger partial charge >= 0.3 is 0 Å². The van der Waals surface area contributed by atoms with Crippen molar-refractivity contribution in [2.75, 3.05) is 40.3 Å². The Morgan fingerprint density at radius 3 is 2.53 bits per heavy atom. The summed E-state index contributed by atoms with van der Waals surface area (Å²) < 4.78 is 0. The molecule has 1 aliphatic heterocycles. The number of nitrogens with two attached hydrogens (primary N) is 1. The smallest absolute Gasteiger partial charge is 0.0164 e. The van der Waals surface area contributed by atoms with E-state index in [9.17, 15) is 0 Å². The highest BCUT2D eigenvalue weighted by Gasteiger charge is 2.40. The maximum atomic E-state index is 6.01. The molecule has 3 nitrogen and oxygen atoms in total. The van der Waals surface area contributed by atoms with Gasteiger partial charge in [-0.1, -0.05) is 6.42 Å². The molecule has 0 unspecified atom stereocenters. The van der Waals surface area contributed by atoms with Crippen LogP contribution in [0.15, 0.2) is 0 Å². The van der Waals surface area contributed by atoms with Crippen LogP contribution in [0.4, 0.5) is 0 Å². The van der Waals surface area contributed by atoms with Crippen molar-refractivity contribution >= 4 is 0 Å². The van der Waals surface area contributed by atoms with E-state index >= 15 is 0 Å². The van der Waals surface area contributed by atoms with Gasteiger partial charge in [0.25, 0.3) is 0 Å². The SMILES string of the molecule is CN(C)CCN1CCCC[C@H](CN)[C@H]1C1CC1. The molecular weight excluding hydrogens is 210 g/mol. The molecule has 2 N–H and O–H groups in total. The number of likely N-dealkylation sites (N-methyl/N-ethyl adjacent to an activating group) is 1. The van der Waals surface area contributed by atoms with Crippen molar-refractivity contribution in [1.82, 2.24) is 9.80 Å². The van der Waals surface area contributed by atoms with E-state index in [2.05, 4.69) is 23.9 Å². The van der Waals surface area contributed by atoms with Gasteiger partial charge in [-0.05, 0) is 64.7 Å². The lowest BCUT2D eigenvalue weighted by Crippen LogP contribution is -2.46. The zero-order valence-electron chi connectivity index (χ0n) is 11.6. The largest absolute Gasteiger partial charge is 0.330 e. The van der Waals surface area contributed by atoms with Gasteiger partial charge in [0.2, 0.25) is 0 Å². The minimum atomic E-state index is 0.757. The lowest BCUT2D eigenvalue weighted by molar-refractivity contribution is 0.127. The summed E-state index contributed by atoms with van der Waals surface area (Å²) >= 11 is 0. The van der Waals surface area contributed by atoms with Gasteiger partial charge in [-0.25, -0.2) is 0 Å². The fourth-order valence-electron chi connectivity index (χ4n) is 3.31. The van der Waals surface area contributed by atoms with E-state index in [4.69, 9.17) is 5.73 Å². The van der Waals surface area contributed by atoms with Crippen LogP contribution in [-0.2, 0) is 0 Å². The second-order valence-electron chi connectivity index (χ2n) is 6.16. The van der Waals surface area contributed by atoms with Crippen molar-refractivity contribution < 1.29 is 0 Å². The molecule has 2 fully saturated rings. The fraction of sp³-hybridized carbons (Fsp3) is 1.00. The average molecular weight is 239 g/mol. The number of likely N-dealkylation sites (tertiary alicyclic amines) is 1. The Labute approximate surface area is 106 Å². The maximum Gasteiger partial charge on any atom is 0.0164 e. The van der Waals surface area contributed by atoms with Crippen molar-refractivity contribution in [3.8, 4) is 0 Å². The zero-order chi connectivity index (χ0) is 12.3. The van der Waals surface area contributed by atoms with Gasteiger partial charge < -0.3 is 10.6 Å². The van der Waals surface area contributed by atoms with Crippen LogP contribution in [0.5, 0.6) is 0 Å². The second kappa shape index (κ2) is 6.17. The van der Waals surface area contributed by atoms with E-state index in [1.165, 1.54) is 51.7 Å². The molecule has 1 saturated carbocycles. The molecule has 3 heteroatoms. The molecular formula is C14H29N3. The normalized spacial score (nSPS) is 31.8. The summed E-state index contributed by atoms with van der Waals surface area (Å²) in [4.78, 5) is 5.05. The molecule has 2 atom stereocenters. The highest BCUT2D eigenvalue weighted by atomic mass is 15.2. The quantitative estimate of drug-likeness (QED) is 0.787. The van der Waals surface area contributed by atoms with Crippen molar-refractivity contribution in [2.45, 2.75) is 38.1 Å². The van der Waals surface area contributed by atoms with Crippen molar-refractivity contribution in [2.24, 2.45) is 17.6 Å². The van der Waals surface area contributed by atoms with Gasteiger partial charge in [-0.2, -0.15) is 0 Å². The van der Waals surface area contributed by atoms with Gasteiger partial charge in [0.05, 0.1) is 0 Å². The Bertz CT molecular complexity index is 226. The summed E-state index contributed by atoms with van der Waals surface area (Å²) in [5.74, 6) is 1.72. The van der Waals surface area contributed by atoms with Gasteiger partial charge in [0.15, 0.2) is 0 Å². The monoisotopic (exact) mass is 239 g/mol. The lowest BCUT2D eigenvalue weighted by atomic mass is 9.91. The van der Waals surface area contributed by atoms with Gasteiger partial charge in [-0.3, -0.25) is 4.90 Å². The standard InChI is InChI=1S/C14H29N3/c1-16(2)9-10-17-8-4-3-5-13(11-15)14(17)12-6-7-12/h12-14H,3-11,15H2,1-2H3/t13-,14-/m1/s1. The van der Waals surface area contributed by atoms with E-state index in [-0.39, 0.29) is 0 Å². The summed E-state index contributed by atoms with van der Waals surface area (Å²) in [6.07, 6.45) is 6.99. The number of nitrogens with zero attached hydrogens (tertiary/aromatic N) is 2. The molecule has 0 aromatic rings. The van der Waals surface area contributed by atoms with Crippen LogP contribution in [0.25, 0.3) is 0 Å². The summed E-state index contributed by atoms with van der Waals surface area (Å²) in [6, 6.07) is 0.794. The summed E-state index contributed by atoms with van der Waals surface area (Å²) in [6.45, 7) is 4.59. The van der Waals surface area contributed by atoms with Crippen LogP contribution in [0.3, 0.4) is 0 Å². The minimum absolute atomic E-state index is 0.757. The third-order valence-electron chi connectivity index (χ3n) is 4.42. The first kappa shape index (κ1) is 13.3. The summed E-state index contributed by atoms with van der Waals surface area (Å²) in [5.41, 5.74) is 6.01. The molecule has 2 aliphatic rings. The molecule has 100 valence electrons. The second-order valence-corrected chi connectivity index (χ2v) is 6.16. The lowest BCUT2D eigenvalue weighted by Gasteiger charge is -2.35. The highest BCUT2D eigenvalue weighted by molar-refractivity contribution is 4.94. The maximum absolute atomic E-state index is 6.01. The Hall–Kier alpha value is -0.120. The first-order valence-corrected chi connectivity index (χ1v) is 7.31. The van der Waals surface area contributed by atoms with Crippen molar-refractivity contribution in [1.29, 1.82) is 0 Å². The van der Waals surface area contributed by atoms with Crippen LogP contribution in [0.1, 0.15) is 32.1 Å². The topological polar surface area (TPSA) is 32.5 Å². The molecule has 17 heavy (non-hydrogen) atoms. The van der Waals surface area contributed by atoms with E-state index in [0.29, 0.717) is 0 Å². The molecule has 0 aromatic heterocycles. The Kier molecular flexibility index (Phi) is 4.83. The number of hydrogen-bond donors (Lipinski definition) is 1. The van der Waals surface area contributed by atoms with E-state index in [1.807, 2.05) is 0 Å². The third kappa shape index (κ3) is 3.67. The van der Waals surface area contributed by atoms with Gasteiger partial charge in [-0.15, -0.1) is 0 Å². The first-order chi connectivity index (χ1) is 8.22. The van der Waals surface area contributed by atoms with Crippen LogP contribution >= 0.6 is 0 Å². The minimum Gasteiger partial charge on any atom is -0.330 e. The molecule has 0 amide bonds. The summed E-state index contributed by atoms with van der Waals surface area (Å²) in [5, 5.41) is 0. The van der Waals surface area contributed by atoms with Crippen molar-refractivity contribution in [3.63, 3.8) is 0 Å². The molecule has 0 aromatic carbocycles. The Morgan fingerprint density at radius 1 is 1.18 bits per heavy atom. The van der Waals surface area contributed by atoms with E-state index in [0.717, 1.165) is 24.4 Å². The number of rotatable bonds is 5. The van der Waals surface area contributed by atoms with E-state index in [1.54, 1.807) is 0 Å². The average Bonchev–Trinajstić information content (AvgIpc) is 3.12. The molecule has 1 aliphatic carbocycles. The molecule has 0 bridgehead atoms. The van der Waals surface area contributed by atoms with E-state index < -0.39 is 0 Å². The Morgan fingerprint density at radius 2 is 1.94 bits per heavy atom. The molecule has 0 radical (unpaired) electrons. The van der Waals surface area contributed by atoms with Crippen LogP contribution < -0.4 is 5.73 Å². The Balaban J connectivity index is 1.97. The number of hydrogen-bond acceptors (Lipinski definition) is 3. The molecule has 1 heterocycles. The van der Waals surface area contributed by atoms with Crippen LogP contribution in [-0.4, -0.2) is 56.1 Å². The predicted octanol–water partition coefficient (Wildman–Crippen LogP) is 1.39. The fourth-order valence-corrected chi connectivity index (χ4v) is 3.31. The van der Waals surface area contributed by atoms with Gasteiger partial charge in [0, 0.05) is 19.1 Å². The van der Waals surface area contributed by atoms with Crippen molar-refractivity contribution in [3.05, 3.63) is 0 Å². The zero-order valence-corrected chi connectivity index (χ0v) is 11.6. The van der Waals surface area contributed by atoms with Crippen LogP contribution in [0.2, 0.25) is 0 Å².